The monoisotopic (exact) mass is 280 g/mol. The van der Waals surface area contributed by atoms with Crippen LogP contribution >= 0.6 is 0 Å². The molecule has 1 fully saturated rings. The Morgan fingerprint density at radius 1 is 1.30 bits per heavy atom. The van der Waals surface area contributed by atoms with Crippen molar-refractivity contribution in [2.24, 2.45) is 5.73 Å². The van der Waals surface area contributed by atoms with Crippen LogP contribution in [0, 0.1) is 0 Å². The third-order valence-electron chi connectivity index (χ3n) is 3.74. The van der Waals surface area contributed by atoms with E-state index in [-0.39, 0.29) is 11.6 Å². The summed E-state index contributed by atoms with van der Waals surface area (Å²) in [6, 6.07) is 1.73. The van der Waals surface area contributed by atoms with Gasteiger partial charge in [0.05, 0.1) is 24.4 Å². The van der Waals surface area contributed by atoms with Crippen LogP contribution in [0.2, 0.25) is 0 Å². The lowest BCUT2D eigenvalue weighted by Crippen LogP contribution is -2.48. The van der Waals surface area contributed by atoms with Crippen LogP contribution < -0.4 is 10.5 Å². The van der Waals surface area contributed by atoms with Crippen molar-refractivity contribution in [2.45, 2.75) is 38.3 Å². The molecule has 0 spiro atoms. The second kappa shape index (κ2) is 7.02. The first kappa shape index (κ1) is 15.2. The fourth-order valence-corrected chi connectivity index (χ4v) is 2.70. The highest BCUT2D eigenvalue weighted by molar-refractivity contribution is 5.28. The first-order valence-corrected chi connectivity index (χ1v) is 7.27. The summed E-state index contributed by atoms with van der Waals surface area (Å²) >= 11 is 0. The molecule has 1 aromatic rings. The Bertz CT molecular complexity index is 414. The molecule has 5 nitrogen and oxygen atoms in total. The third-order valence-corrected chi connectivity index (χ3v) is 3.74. The SMILES string of the molecule is CCOc1cncc(C(N)C2(OCC)CCOCC2)c1. The van der Waals surface area contributed by atoms with E-state index >= 15 is 0 Å². The molecular weight excluding hydrogens is 256 g/mol. The van der Waals surface area contributed by atoms with Crippen molar-refractivity contribution in [3.63, 3.8) is 0 Å². The van der Waals surface area contributed by atoms with Gasteiger partial charge in [-0.1, -0.05) is 0 Å². The molecule has 2 N–H and O–H groups in total. The van der Waals surface area contributed by atoms with Crippen LogP contribution in [0.15, 0.2) is 18.5 Å². The number of hydrogen-bond donors (Lipinski definition) is 1. The van der Waals surface area contributed by atoms with Gasteiger partial charge in [0.2, 0.25) is 0 Å². The van der Waals surface area contributed by atoms with Crippen LogP contribution in [0.4, 0.5) is 0 Å². The summed E-state index contributed by atoms with van der Waals surface area (Å²) in [5.41, 5.74) is 7.07. The fraction of sp³-hybridized carbons (Fsp3) is 0.667. The lowest BCUT2D eigenvalue weighted by molar-refractivity contribution is -0.121. The third kappa shape index (κ3) is 3.29. The van der Waals surface area contributed by atoms with E-state index in [1.807, 2.05) is 19.9 Å². The molecule has 0 amide bonds. The highest BCUT2D eigenvalue weighted by Gasteiger charge is 2.40. The number of ether oxygens (including phenoxy) is 3. The highest BCUT2D eigenvalue weighted by Crippen LogP contribution is 2.36. The zero-order valence-electron chi connectivity index (χ0n) is 12.3. The van der Waals surface area contributed by atoms with Gasteiger partial charge in [-0.25, -0.2) is 0 Å². The first-order chi connectivity index (χ1) is 9.72. The fourth-order valence-electron chi connectivity index (χ4n) is 2.70. The summed E-state index contributed by atoms with van der Waals surface area (Å²) in [4.78, 5) is 4.22. The van der Waals surface area contributed by atoms with Crippen molar-refractivity contribution in [3.8, 4) is 5.75 Å². The summed E-state index contributed by atoms with van der Waals surface area (Å²) < 4.78 is 16.9. The van der Waals surface area contributed by atoms with Crippen molar-refractivity contribution in [2.75, 3.05) is 26.4 Å². The summed E-state index contributed by atoms with van der Waals surface area (Å²) in [7, 11) is 0. The molecule has 112 valence electrons. The Morgan fingerprint density at radius 2 is 2.05 bits per heavy atom. The molecule has 1 unspecified atom stereocenters. The molecule has 2 rings (SSSR count). The van der Waals surface area contributed by atoms with Gasteiger partial charge in [-0.05, 0) is 25.5 Å². The topological polar surface area (TPSA) is 66.6 Å². The number of rotatable bonds is 6. The summed E-state index contributed by atoms with van der Waals surface area (Å²) in [5, 5.41) is 0. The van der Waals surface area contributed by atoms with Gasteiger partial charge in [-0.2, -0.15) is 0 Å². The minimum Gasteiger partial charge on any atom is -0.492 e. The van der Waals surface area contributed by atoms with E-state index in [0.29, 0.717) is 26.4 Å². The summed E-state index contributed by atoms with van der Waals surface area (Å²) in [5.74, 6) is 0.749. The standard InChI is InChI=1S/C15H24N2O3/c1-3-19-13-9-12(10-17-11-13)14(16)15(20-4-2)5-7-18-8-6-15/h9-11,14H,3-8,16H2,1-2H3. The molecule has 0 aliphatic carbocycles. The molecule has 0 saturated carbocycles. The van der Waals surface area contributed by atoms with E-state index in [4.69, 9.17) is 19.9 Å². The average Bonchev–Trinajstić information content (AvgIpc) is 2.48. The number of pyridine rings is 1. The smallest absolute Gasteiger partial charge is 0.137 e. The van der Waals surface area contributed by atoms with Crippen LogP contribution in [0.5, 0.6) is 5.75 Å². The number of aromatic nitrogens is 1. The zero-order chi connectivity index (χ0) is 14.4. The predicted molar refractivity (Wildman–Crippen MR) is 76.7 cm³/mol. The van der Waals surface area contributed by atoms with Gasteiger partial charge in [0, 0.05) is 38.9 Å². The Labute approximate surface area is 120 Å². The van der Waals surface area contributed by atoms with E-state index in [9.17, 15) is 0 Å². The molecule has 1 aromatic heterocycles. The van der Waals surface area contributed by atoms with Gasteiger partial charge in [0.25, 0.3) is 0 Å². The van der Waals surface area contributed by atoms with Crippen molar-refractivity contribution in [1.29, 1.82) is 0 Å². The van der Waals surface area contributed by atoms with Crippen molar-refractivity contribution in [1.82, 2.24) is 4.98 Å². The van der Waals surface area contributed by atoms with Crippen molar-refractivity contribution >= 4 is 0 Å². The van der Waals surface area contributed by atoms with Gasteiger partial charge in [0.1, 0.15) is 5.75 Å². The molecule has 1 atom stereocenters. The quantitative estimate of drug-likeness (QED) is 0.864. The Kier molecular flexibility index (Phi) is 5.34. The lowest BCUT2D eigenvalue weighted by atomic mass is 9.83. The predicted octanol–water partition coefficient (Wildman–Crippen LogP) is 2.07. The Morgan fingerprint density at radius 3 is 2.70 bits per heavy atom. The molecule has 1 aliphatic rings. The second-order valence-electron chi connectivity index (χ2n) is 4.97. The highest BCUT2D eigenvalue weighted by atomic mass is 16.5. The molecule has 0 aromatic carbocycles. The van der Waals surface area contributed by atoms with E-state index in [0.717, 1.165) is 24.2 Å². The van der Waals surface area contributed by atoms with Crippen LogP contribution in [0.3, 0.4) is 0 Å². The number of hydrogen-bond acceptors (Lipinski definition) is 5. The molecule has 2 heterocycles. The molecule has 0 bridgehead atoms. The Balaban J connectivity index is 2.22. The lowest BCUT2D eigenvalue weighted by Gasteiger charge is -2.41. The van der Waals surface area contributed by atoms with Gasteiger partial charge >= 0.3 is 0 Å². The maximum Gasteiger partial charge on any atom is 0.137 e. The normalized spacial score (nSPS) is 19.6. The van der Waals surface area contributed by atoms with E-state index < -0.39 is 0 Å². The van der Waals surface area contributed by atoms with E-state index in [1.165, 1.54) is 0 Å². The first-order valence-electron chi connectivity index (χ1n) is 7.27. The van der Waals surface area contributed by atoms with Gasteiger partial charge in [-0.3, -0.25) is 4.98 Å². The molecule has 1 saturated heterocycles. The largest absolute Gasteiger partial charge is 0.492 e. The van der Waals surface area contributed by atoms with E-state index in [2.05, 4.69) is 4.98 Å². The summed E-state index contributed by atoms with van der Waals surface area (Å²) in [6.45, 7) is 6.58. The average molecular weight is 280 g/mol. The Hall–Kier alpha value is -1.17. The van der Waals surface area contributed by atoms with Crippen molar-refractivity contribution in [3.05, 3.63) is 24.0 Å². The van der Waals surface area contributed by atoms with Crippen molar-refractivity contribution < 1.29 is 14.2 Å². The number of nitrogens with two attached hydrogens (primary N) is 1. The minimum atomic E-state index is -0.362. The summed E-state index contributed by atoms with van der Waals surface area (Å²) in [6.07, 6.45) is 5.11. The van der Waals surface area contributed by atoms with Gasteiger partial charge in [0.15, 0.2) is 0 Å². The minimum absolute atomic E-state index is 0.223. The van der Waals surface area contributed by atoms with Gasteiger partial charge < -0.3 is 19.9 Å². The van der Waals surface area contributed by atoms with Gasteiger partial charge in [-0.15, -0.1) is 0 Å². The maximum atomic E-state index is 6.48. The maximum absolute atomic E-state index is 6.48. The van der Waals surface area contributed by atoms with Crippen LogP contribution in [0.25, 0.3) is 0 Å². The zero-order valence-corrected chi connectivity index (χ0v) is 12.3. The van der Waals surface area contributed by atoms with Crippen LogP contribution in [0.1, 0.15) is 38.3 Å². The molecule has 1 aliphatic heterocycles. The second-order valence-corrected chi connectivity index (χ2v) is 4.97. The molecule has 0 radical (unpaired) electrons. The van der Waals surface area contributed by atoms with Crippen LogP contribution in [-0.4, -0.2) is 37.0 Å². The molecular formula is C15H24N2O3. The number of nitrogens with zero attached hydrogens (tertiary/aromatic N) is 1. The molecule has 5 heteroatoms. The molecule has 20 heavy (non-hydrogen) atoms. The van der Waals surface area contributed by atoms with E-state index in [1.54, 1.807) is 12.4 Å². The van der Waals surface area contributed by atoms with Crippen LogP contribution in [-0.2, 0) is 9.47 Å².